The van der Waals surface area contributed by atoms with Gasteiger partial charge in [0.05, 0.1) is 6.33 Å². The van der Waals surface area contributed by atoms with Crippen LogP contribution in [0.2, 0.25) is 0 Å². The number of nitrogens with one attached hydrogen (secondary N) is 1. The molecular weight excluding hydrogens is 202 g/mol. The molecule has 0 saturated heterocycles. The summed E-state index contributed by atoms with van der Waals surface area (Å²) < 4.78 is 7.17. The Bertz CT molecular complexity index is 261. The Labute approximate surface area is 98.0 Å². The molecule has 1 aromatic rings. The van der Waals surface area contributed by atoms with Crippen LogP contribution >= 0.6 is 0 Å². The highest BCUT2D eigenvalue weighted by Crippen LogP contribution is 2.00. The lowest BCUT2D eigenvalue weighted by Gasteiger charge is -2.17. The highest BCUT2D eigenvalue weighted by molar-refractivity contribution is 4.75. The summed E-state index contributed by atoms with van der Waals surface area (Å²) in [5, 5.41) is 3.52. The molecule has 2 unspecified atom stereocenters. The molecular formula is C12H23N3O. The lowest BCUT2D eigenvalue weighted by atomic mass is 10.1. The highest BCUT2D eigenvalue weighted by Gasteiger charge is 2.05. The number of hydrogen-bond acceptors (Lipinski definition) is 3. The summed E-state index contributed by atoms with van der Waals surface area (Å²) in [6.07, 6.45) is 6.76. The van der Waals surface area contributed by atoms with Gasteiger partial charge in [0, 0.05) is 38.7 Å². The van der Waals surface area contributed by atoms with Crippen molar-refractivity contribution in [1.82, 2.24) is 14.9 Å². The summed E-state index contributed by atoms with van der Waals surface area (Å²) in [6.45, 7) is 7.32. The molecule has 16 heavy (non-hydrogen) atoms. The van der Waals surface area contributed by atoms with E-state index in [9.17, 15) is 0 Å². The van der Waals surface area contributed by atoms with E-state index in [1.165, 1.54) is 0 Å². The van der Waals surface area contributed by atoms with E-state index < -0.39 is 0 Å². The normalized spacial score (nSPS) is 14.9. The second kappa shape index (κ2) is 7.41. The van der Waals surface area contributed by atoms with Crippen LogP contribution < -0.4 is 5.32 Å². The molecule has 0 bridgehead atoms. The quantitative estimate of drug-likeness (QED) is 0.729. The van der Waals surface area contributed by atoms with Gasteiger partial charge in [0.1, 0.15) is 0 Å². The van der Waals surface area contributed by atoms with Crippen molar-refractivity contribution in [3.8, 4) is 0 Å². The average molecular weight is 225 g/mol. The Balaban J connectivity index is 2.12. The van der Waals surface area contributed by atoms with E-state index in [2.05, 4.69) is 28.7 Å². The number of hydrogen-bond donors (Lipinski definition) is 1. The molecule has 92 valence electrons. The van der Waals surface area contributed by atoms with Crippen molar-refractivity contribution < 1.29 is 4.74 Å². The number of methoxy groups -OCH3 is 1. The number of nitrogens with zero attached hydrogens (tertiary/aromatic N) is 2. The van der Waals surface area contributed by atoms with Crippen LogP contribution in [-0.4, -0.2) is 35.9 Å². The predicted molar refractivity (Wildman–Crippen MR) is 65.3 cm³/mol. The fourth-order valence-electron chi connectivity index (χ4n) is 1.62. The first kappa shape index (κ1) is 13.2. The lowest BCUT2D eigenvalue weighted by Crippen LogP contribution is -2.32. The van der Waals surface area contributed by atoms with Crippen molar-refractivity contribution in [1.29, 1.82) is 0 Å². The Morgan fingerprint density at radius 3 is 2.88 bits per heavy atom. The molecule has 0 aliphatic rings. The molecule has 0 aliphatic carbocycles. The fourth-order valence-corrected chi connectivity index (χ4v) is 1.62. The third-order valence-corrected chi connectivity index (χ3v) is 2.65. The summed E-state index contributed by atoms with van der Waals surface area (Å²) in [4.78, 5) is 4.04. The molecule has 0 radical (unpaired) electrons. The Kier molecular flexibility index (Phi) is 6.11. The standard InChI is InChI=1S/C12H23N3O/c1-11(9-15-6-5-13-10-15)8-14-12(2)4-7-16-3/h5-6,10-12,14H,4,7-9H2,1-3H3. The van der Waals surface area contributed by atoms with E-state index >= 15 is 0 Å². The smallest absolute Gasteiger partial charge is 0.0946 e. The maximum atomic E-state index is 5.05. The molecule has 1 rings (SSSR count). The molecule has 0 aliphatic heterocycles. The number of rotatable bonds is 8. The molecule has 4 heteroatoms. The molecule has 0 amide bonds. The van der Waals surface area contributed by atoms with Crippen LogP contribution in [0.25, 0.3) is 0 Å². The van der Waals surface area contributed by atoms with Crippen molar-refractivity contribution in [2.24, 2.45) is 5.92 Å². The van der Waals surface area contributed by atoms with Crippen molar-refractivity contribution in [3.63, 3.8) is 0 Å². The Morgan fingerprint density at radius 1 is 1.44 bits per heavy atom. The van der Waals surface area contributed by atoms with Crippen LogP contribution in [0, 0.1) is 5.92 Å². The maximum Gasteiger partial charge on any atom is 0.0946 e. The Morgan fingerprint density at radius 2 is 2.25 bits per heavy atom. The first-order chi connectivity index (χ1) is 7.72. The number of imidazole rings is 1. The van der Waals surface area contributed by atoms with E-state index in [-0.39, 0.29) is 0 Å². The van der Waals surface area contributed by atoms with Crippen molar-refractivity contribution >= 4 is 0 Å². The minimum absolute atomic E-state index is 0.519. The van der Waals surface area contributed by atoms with Gasteiger partial charge in [-0.05, 0) is 25.8 Å². The van der Waals surface area contributed by atoms with Gasteiger partial charge >= 0.3 is 0 Å². The minimum atomic E-state index is 0.519. The molecule has 4 nitrogen and oxygen atoms in total. The first-order valence-electron chi connectivity index (χ1n) is 5.90. The molecule has 0 fully saturated rings. The highest BCUT2D eigenvalue weighted by atomic mass is 16.5. The van der Waals surface area contributed by atoms with E-state index in [1.54, 1.807) is 7.11 Å². The monoisotopic (exact) mass is 225 g/mol. The van der Waals surface area contributed by atoms with Gasteiger partial charge in [0.15, 0.2) is 0 Å². The van der Waals surface area contributed by atoms with Gasteiger partial charge in [-0.2, -0.15) is 0 Å². The third kappa shape index (κ3) is 5.28. The molecule has 0 saturated carbocycles. The topological polar surface area (TPSA) is 39.1 Å². The molecule has 0 aromatic carbocycles. The van der Waals surface area contributed by atoms with E-state index in [4.69, 9.17) is 4.74 Å². The van der Waals surface area contributed by atoms with Gasteiger partial charge in [-0.15, -0.1) is 0 Å². The summed E-state index contributed by atoms with van der Waals surface area (Å²) in [6, 6.07) is 0.519. The van der Waals surface area contributed by atoms with Crippen LogP contribution in [0.5, 0.6) is 0 Å². The van der Waals surface area contributed by atoms with Gasteiger partial charge in [-0.1, -0.05) is 6.92 Å². The van der Waals surface area contributed by atoms with Gasteiger partial charge < -0.3 is 14.6 Å². The summed E-state index contributed by atoms with van der Waals surface area (Å²) in [5.41, 5.74) is 0. The molecule has 1 N–H and O–H groups in total. The molecule has 1 heterocycles. The van der Waals surface area contributed by atoms with Crippen molar-refractivity contribution in [2.75, 3.05) is 20.3 Å². The van der Waals surface area contributed by atoms with Crippen molar-refractivity contribution in [3.05, 3.63) is 18.7 Å². The molecule has 2 atom stereocenters. The van der Waals surface area contributed by atoms with Gasteiger partial charge in [0.2, 0.25) is 0 Å². The predicted octanol–water partition coefficient (Wildman–Crippen LogP) is 1.53. The molecule has 1 aromatic heterocycles. The van der Waals surface area contributed by atoms with E-state index in [0.717, 1.165) is 26.1 Å². The zero-order chi connectivity index (χ0) is 11.8. The maximum absolute atomic E-state index is 5.05. The Hall–Kier alpha value is -0.870. The number of aromatic nitrogens is 2. The van der Waals surface area contributed by atoms with Gasteiger partial charge in [-0.25, -0.2) is 4.98 Å². The zero-order valence-corrected chi connectivity index (χ0v) is 10.5. The second-order valence-electron chi connectivity index (χ2n) is 4.46. The summed E-state index contributed by atoms with van der Waals surface area (Å²) in [7, 11) is 1.74. The van der Waals surface area contributed by atoms with E-state index in [1.807, 2.05) is 18.7 Å². The fraction of sp³-hybridized carbons (Fsp3) is 0.750. The molecule has 0 spiro atoms. The van der Waals surface area contributed by atoms with Crippen molar-refractivity contribution in [2.45, 2.75) is 32.9 Å². The van der Waals surface area contributed by atoms with Crippen LogP contribution in [0.3, 0.4) is 0 Å². The van der Waals surface area contributed by atoms with E-state index in [0.29, 0.717) is 12.0 Å². The van der Waals surface area contributed by atoms with Crippen LogP contribution in [0.4, 0.5) is 0 Å². The van der Waals surface area contributed by atoms with Crippen LogP contribution in [-0.2, 0) is 11.3 Å². The lowest BCUT2D eigenvalue weighted by molar-refractivity contribution is 0.184. The third-order valence-electron chi connectivity index (χ3n) is 2.65. The summed E-state index contributed by atoms with van der Waals surface area (Å²) >= 11 is 0. The second-order valence-corrected chi connectivity index (χ2v) is 4.46. The van der Waals surface area contributed by atoms with Gasteiger partial charge in [-0.3, -0.25) is 0 Å². The zero-order valence-electron chi connectivity index (χ0n) is 10.5. The summed E-state index contributed by atoms with van der Waals surface area (Å²) in [5.74, 6) is 0.610. The first-order valence-corrected chi connectivity index (χ1v) is 5.90. The van der Waals surface area contributed by atoms with Crippen LogP contribution in [0.15, 0.2) is 18.7 Å². The minimum Gasteiger partial charge on any atom is -0.385 e. The average Bonchev–Trinajstić information content (AvgIpc) is 2.76. The number of ether oxygens (including phenoxy) is 1. The van der Waals surface area contributed by atoms with Gasteiger partial charge in [0.25, 0.3) is 0 Å². The van der Waals surface area contributed by atoms with Crippen LogP contribution in [0.1, 0.15) is 20.3 Å². The SMILES string of the molecule is COCCC(C)NCC(C)Cn1ccnc1. The largest absolute Gasteiger partial charge is 0.385 e.